The van der Waals surface area contributed by atoms with Gasteiger partial charge in [-0.1, -0.05) is 44.2 Å². The molecule has 7 nitrogen and oxygen atoms in total. The largest absolute Gasteiger partial charge is 0.378 e. The lowest BCUT2D eigenvalue weighted by molar-refractivity contribution is -0.136. The summed E-state index contributed by atoms with van der Waals surface area (Å²) in [6.07, 6.45) is 0. The summed E-state index contributed by atoms with van der Waals surface area (Å²) in [5.41, 5.74) is 2.11. The Balaban J connectivity index is 0.00000341. The SMILES string of the molecule is CN=C(NCc1nc(C(C)C)cs1)NCC(C(=O)N1CCOCC1)c1ccccc1.I. The summed E-state index contributed by atoms with van der Waals surface area (Å²) in [4.78, 5) is 24.1. The minimum atomic E-state index is -0.282. The summed E-state index contributed by atoms with van der Waals surface area (Å²) in [6.45, 7) is 7.81. The number of nitrogens with one attached hydrogen (secondary N) is 2. The van der Waals surface area contributed by atoms with Crippen LogP contribution in [-0.4, -0.2) is 61.6 Å². The number of aliphatic imine (C=N–C) groups is 1. The molecular formula is C22H32IN5O2S. The second-order valence-electron chi connectivity index (χ2n) is 7.53. The van der Waals surface area contributed by atoms with E-state index in [9.17, 15) is 4.79 Å². The lowest BCUT2D eigenvalue weighted by Crippen LogP contribution is -2.47. The average Bonchev–Trinajstić information content (AvgIpc) is 3.26. The van der Waals surface area contributed by atoms with E-state index in [1.165, 1.54) is 0 Å². The quantitative estimate of drug-likeness (QED) is 0.311. The van der Waals surface area contributed by atoms with Crippen LogP contribution in [-0.2, 0) is 16.1 Å². The Bertz CT molecular complexity index is 837. The maximum atomic E-state index is 13.2. The van der Waals surface area contributed by atoms with Gasteiger partial charge in [0.1, 0.15) is 5.01 Å². The number of ether oxygens (including phenoxy) is 1. The number of benzene rings is 1. The highest BCUT2D eigenvalue weighted by Gasteiger charge is 2.27. The maximum Gasteiger partial charge on any atom is 0.232 e. The average molecular weight is 558 g/mol. The number of rotatable bonds is 7. The summed E-state index contributed by atoms with van der Waals surface area (Å²) in [5, 5.41) is 9.75. The standard InChI is InChI=1S/C22H31N5O2S.HI/c1-16(2)19-15-30-20(26-19)14-25-22(23-3)24-13-18(17-7-5-4-6-8-17)21(28)27-9-11-29-12-10-27;/h4-8,15-16,18H,9-14H2,1-3H3,(H2,23,24,25);1H. The van der Waals surface area contributed by atoms with E-state index >= 15 is 0 Å². The molecule has 1 aromatic heterocycles. The number of amides is 1. The first-order valence-corrected chi connectivity index (χ1v) is 11.3. The van der Waals surface area contributed by atoms with Crippen molar-refractivity contribution in [3.05, 3.63) is 52.0 Å². The molecule has 1 aliphatic heterocycles. The highest BCUT2D eigenvalue weighted by Crippen LogP contribution is 2.19. The van der Waals surface area contributed by atoms with Crippen LogP contribution in [0.15, 0.2) is 40.7 Å². The molecule has 2 heterocycles. The Morgan fingerprint density at radius 2 is 1.94 bits per heavy atom. The molecule has 31 heavy (non-hydrogen) atoms. The third-order valence-electron chi connectivity index (χ3n) is 5.09. The van der Waals surface area contributed by atoms with E-state index < -0.39 is 0 Å². The number of carbonyl (C=O) groups excluding carboxylic acids is 1. The zero-order valence-corrected chi connectivity index (χ0v) is 21.5. The fourth-order valence-electron chi connectivity index (χ4n) is 3.29. The molecule has 9 heteroatoms. The van der Waals surface area contributed by atoms with Gasteiger partial charge in [-0.3, -0.25) is 9.79 Å². The molecule has 3 rings (SSSR count). The lowest BCUT2D eigenvalue weighted by atomic mass is 9.97. The van der Waals surface area contributed by atoms with E-state index in [-0.39, 0.29) is 35.8 Å². The zero-order chi connectivity index (χ0) is 21.3. The third kappa shape index (κ3) is 7.43. The Kier molecular flexibility index (Phi) is 10.7. The molecule has 1 amide bonds. The van der Waals surface area contributed by atoms with E-state index in [1.807, 2.05) is 35.2 Å². The fourth-order valence-corrected chi connectivity index (χ4v) is 4.18. The van der Waals surface area contributed by atoms with Crippen LogP contribution in [0.3, 0.4) is 0 Å². The van der Waals surface area contributed by atoms with E-state index in [0.717, 1.165) is 16.3 Å². The van der Waals surface area contributed by atoms with Crippen molar-refractivity contribution >= 4 is 47.2 Å². The van der Waals surface area contributed by atoms with Crippen molar-refractivity contribution in [1.82, 2.24) is 20.5 Å². The number of thiazole rings is 1. The molecule has 0 aliphatic carbocycles. The molecule has 2 N–H and O–H groups in total. The zero-order valence-electron chi connectivity index (χ0n) is 18.3. The van der Waals surface area contributed by atoms with Crippen LogP contribution in [0.25, 0.3) is 0 Å². The van der Waals surface area contributed by atoms with Gasteiger partial charge in [0.05, 0.1) is 31.4 Å². The van der Waals surface area contributed by atoms with E-state index in [0.29, 0.717) is 51.3 Å². The molecule has 1 unspecified atom stereocenters. The molecule has 1 aromatic carbocycles. The Morgan fingerprint density at radius 3 is 2.55 bits per heavy atom. The summed E-state index contributed by atoms with van der Waals surface area (Å²) in [6, 6.07) is 9.91. The summed E-state index contributed by atoms with van der Waals surface area (Å²) in [7, 11) is 1.73. The van der Waals surface area contributed by atoms with Gasteiger partial charge in [0.15, 0.2) is 5.96 Å². The van der Waals surface area contributed by atoms with Gasteiger partial charge in [-0.15, -0.1) is 35.3 Å². The van der Waals surface area contributed by atoms with Crippen molar-refractivity contribution in [1.29, 1.82) is 0 Å². The molecule has 0 bridgehead atoms. The van der Waals surface area contributed by atoms with Crippen LogP contribution in [0.2, 0.25) is 0 Å². The fraction of sp³-hybridized carbons (Fsp3) is 0.500. The van der Waals surface area contributed by atoms with Gasteiger partial charge in [0.25, 0.3) is 0 Å². The Hall–Kier alpha value is -1.72. The van der Waals surface area contributed by atoms with Crippen LogP contribution >= 0.6 is 35.3 Å². The molecule has 1 saturated heterocycles. The number of halogens is 1. The van der Waals surface area contributed by atoms with Crippen LogP contribution < -0.4 is 10.6 Å². The number of carbonyl (C=O) groups is 1. The molecule has 170 valence electrons. The molecular weight excluding hydrogens is 525 g/mol. The minimum Gasteiger partial charge on any atom is -0.378 e. The first-order chi connectivity index (χ1) is 14.6. The molecule has 0 radical (unpaired) electrons. The molecule has 1 atom stereocenters. The molecule has 0 spiro atoms. The third-order valence-corrected chi connectivity index (χ3v) is 5.96. The minimum absolute atomic E-state index is 0. The van der Waals surface area contributed by atoms with E-state index in [1.54, 1.807) is 18.4 Å². The van der Waals surface area contributed by atoms with Crippen molar-refractivity contribution in [2.24, 2.45) is 4.99 Å². The van der Waals surface area contributed by atoms with Gasteiger partial charge in [-0.25, -0.2) is 4.98 Å². The van der Waals surface area contributed by atoms with Crippen molar-refractivity contribution in [2.45, 2.75) is 32.2 Å². The molecule has 0 saturated carbocycles. The number of hydrogen-bond acceptors (Lipinski definition) is 5. The molecule has 1 aliphatic rings. The number of morpholine rings is 1. The van der Waals surface area contributed by atoms with Gasteiger partial charge < -0.3 is 20.3 Å². The number of hydrogen-bond donors (Lipinski definition) is 2. The first kappa shape index (κ1) is 25.5. The van der Waals surface area contributed by atoms with Crippen molar-refractivity contribution < 1.29 is 9.53 Å². The monoisotopic (exact) mass is 557 g/mol. The second-order valence-corrected chi connectivity index (χ2v) is 8.47. The van der Waals surface area contributed by atoms with E-state index in [2.05, 4.69) is 39.8 Å². The van der Waals surface area contributed by atoms with Gasteiger partial charge in [-0.05, 0) is 11.5 Å². The predicted octanol–water partition coefficient (Wildman–Crippen LogP) is 3.19. The topological polar surface area (TPSA) is 78.8 Å². The second kappa shape index (κ2) is 13.0. The van der Waals surface area contributed by atoms with Gasteiger partial charge in [-0.2, -0.15) is 0 Å². The van der Waals surface area contributed by atoms with Crippen LogP contribution in [0.1, 0.15) is 41.9 Å². The molecule has 1 fully saturated rings. The van der Waals surface area contributed by atoms with Crippen LogP contribution in [0, 0.1) is 0 Å². The van der Waals surface area contributed by atoms with Crippen molar-refractivity contribution in [3.63, 3.8) is 0 Å². The number of guanidine groups is 1. The predicted molar refractivity (Wildman–Crippen MR) is 136 cm³/mol. The number of aromatic nitrogens is 1. The van der Waals surface area contributed by atoms with Gasteiger partial charge in [0.2, 0.25) is 5.91 Å². The maximum absolute atomic E-state index is 13.2. The highest BCUT2D eigenvalue weighted by molar-refractivity contribution is 14.0. The smallest absolute Gasteiger partial charge is 0.232 e. The van der Waals surface area contributed by atoms with Crippen molar-refractivity contribution in [3.8, 4) is 0 Å². The summed E-state index contributed by atoms with van der Waals surface area (Å²) < 4.78 is 5.40. The molecule has 2 aromatic rings. The Morgan fingerprint density at radius 1 is 1.23 bits per heavy atom. The lowest BCUT2D eigenvalue weighted by Gasteiger charge is -2.31. The first-order valence-electron chi connectivity index (χ1n) is 10.4. The van der Waals surface area contributed by atoms with Crippen molar-refractivity contribution in [2.75, 3.05) is 39.9 Å². The summed E-state index contributed by atoms with van der Waals surface area (Å²) >= 11 is 1.65. The van der Waals surface area contributed by atoms with Crippen LogP contribution in [0.4, 0.5) is 0 Å². The van der Waals surface area contributed by atoms with Gasteiger partial charge in [0, 0.05) is 32.1 Å². The highest BCUT2D eigenvalue weighted by atomic mass is 127. The Labute approximate surface area is 205 Å². The van der Waals surface area contributed by atoms with Gasteiger partial charge >= 0.3 is 0 Å². The van der Waals surface area contributed by atoms with Crippen LogP contribution in [0.5, 0.6) is 0 Å². The number of nitrogens with zero attached hydrogens (tertiary/aromatic N) is 3. The summed E-state index contributed by atoms with van der Waals surface area (Å²) in [5.74, 6) is 0.918. The van der Waals surface area contributed by atoms with E-state index in [4.69, 9.17) is 4.74 Å². The normalized spacial score (nSPS) is 15.4.